The third-order valence-electron chi connectivity index (χ3n) is 2.85. The average Bonchev–Trinajstić information content (AvgIpc) is 2.18. The monoisotopic (exact) mass is 190 g/mol. The number of hydrogen-bond donors (Lipinski definition) is 0. The summed E-state index contributed by atoms with van der Waals surface area (Å²) in [7, 11) is 1.64. The van der Waals surface area contributed by atoms with E-state index >= 15 is 0 Å². The summed E-state index contributed by atoms with van der Waals surface area (Å²) < 4.78 is 5.21. The maximum absolute atomic E-state index is 11.7. The summed E-state index contributed by atoms with van der Waals surface area (Å²) in [6.45, 7) is 1.96. The van der Waals surface area contributed by atoms with Crippen LogP contribution in [-0.2, 0) is 6.42 Å². The maximum Gasteiger partial charge on any atom is 0.163 e. The Morgan fingerprint density at radius 1 is 1.29 bits per heavy atom. The van der Waals surface area contributed by atoms with Crippen molar-refractivity contribution in [3.63, 3.8) is 0 Å². The lowest BCUT2D eigenvalue weighted by atomic mass is 9.87. The number of fused-ring (bicyclic) bond motifs is 1. The smallest absolute Gasteiger partial charge is 0.163 e. The molecule has 2 nitrogen and oxygen atoms in total. The van der Waals surface area contributed by atoms with Crippen molar-refractivity contribution in [1.82, 2.24) is 0 Å². The summed E-state index contributed by atoms with van der Waals surface area (Å²) in [5, 5.41) is 0. The summed E-state index contributed by atoms with van der Waals surface area (Å²) in [5.41, 5.74) is 3.07. The van der Waals surface area contributed by atoms with E-state index in [4.69, 9.17) is 4.74 Å². The Hall–Kier alpha value is -1.31. The lowest BCUT2D eigenvalue weighted by Crippen LogP contribution is -2.13. The van der Waals surface area contributed by atoms with Crippen molar-refractivity contribution in [2.45, 2.75) is 26.2 Å². The van der Waals surface area contributed by atoms with Crippen molar-refractivity contribution in [3.05, 3.63) is 28.8 Å². The minimum absolute atomic E-state index is 0.266. The molecule has 0 amide bonds. The van der Waals surface area contributed by atoms with Crippen molar-refractivity contribution in [2.75, 3.05) is 7.11 Å². The van der Waals surface area contributed by atoms with Crippen LogP contribution in [0.1, 0.15) is 34.3 Å². The van der Waals surface area contributed by atoms with Crippen LogP contribution in [-0.4, -0.2) is 12.9 Å². The third kappa shape index (κ3) is 1.31. The van der Waals surface area contributed by atoms with Gasteiger partial charge in [0.2, 0.25) is 0 Å². The molecule has 74 valence electrons. The van der Waals surface area contributed by atoms with Crippen LogP contribution in [0.15, 0.2) is 12.1 Å². The second kappa shape index (κ2) is 3.45. The highest BCUT2D eigenvalue weighted by atomic mass is 16.5. The van der Waals surface area contributed by atoms with Crippen LogP contribution in [0.2, 0.25) is 0 Å². The van der Waals surface area contributed by atoms with Crippen LogP contribution < -0.4 is 4.74 Å². The predicted octanol–water partition coefficient (Wildman–Crippen LogP) is 2.52. The van der Waals surface area contributed by atoms with Crippen molar-refractivity contribution in [1.29, 1.82) is 0 Å². The normalized spacial score (nSPS) is 15.1. The van der Waals surface area contributed by atoms with Gasteiger partial charge < -0.3 is 4.74 Å². The number of ether oxygens (including phenoxy) is 1. The fourth-order valence-electron chi connectivity index (χ4n) is 2.13. The first-order chi connectivity index (χ1) is 6.74. The molecule has 0 aromatic heterocycles. The molecule has 0 unspecified atom stereocenters. The van der Waals surface area contributed by atoms with Gasteiger partial charge in [-0.1, -0.05) is 6.07 Å². The van der Waals surface area contributed by atoms with Crippen molar-refractivity contribution < 1.29 is 9.53 Å². The number of ketones is 1. The Labute approximate surface area is 83.9 Å². The number of benzene rings is 1. The SMILES string of the molecule is COc1ccc2c(c1C)C(=O)CCC2. The van der Waals surface area contributed by atoms with Gasteiger partial charge in [-0.15, -0.1) is 0 Å². The zero-order valence-corrected chi connectivity index (χ0v) is 8.59. The number of methoxy groups -OCH3 is 1. The van der Waals surface area contributed by atoms with Gasteiger partial charge in [0.05, 0.1) is 7.11 Å². The molecule has 2 heteroatoms. The van der Waals surface area contributed by atoms with E-state index in [-0.39, 0.29) is 5.78 Å². The largest absolute Gasteiger partial charge is 0.496 e. The number of carbonyl (C=O) groups is 1. The highest BCUT2D eigenvalue weighted by Crippen LogP contribution is 2.29. The summed E-state index contributed by atoms with van der Waals surface area (Å²) in [5.74, 6) is 1.08. The minimum Gasteiger partial charge on any atom is -0.496 e. The van der Waals surface area contributed by atoms with E-state index in [2.05, 4.69) is 0 Å². The lowest BCUT2D eigenvalue weighted by molar-refractivity contribution is 0.0971. The molecule has 1 aliphatic rings. The minimum atomic E-state index is 0.266. The van der Waals surface area contributed by atoms with Gasteiger partial charge >= 0.3 is 0 Å². The molecule has 0 fully saturated rings. The van der Waals surface area contributed by atoms with E-state index in [1.54, 1.807) is 7.11 Å². The van der Waals surface area contributed by atoms with Crippen molar-refractivity contribution in [3.8, 4) is 5.75 Å². The fourth-order valence-corrected chi connectivity index (χ4v) is 2.13. The Morgan fingerprint density at radius 3 is 2.79 bits per heavy atom. The molecule has 0 atom stereocenters. The molecule has 0 radical (unpaired) electrons. The number of carbonyl (C=O) groups excluding carboxylic acids is 1. The molecule has 0 bridgehead atoms. The molecule has 1 aromatic rings. The van der Waals surface area contributed by atoms with Gasteiger partial charge in [0.1, 0.15) is 5.75 Å². The highest BCUT2D eigenvalue weighted by molar-refractivity contribution is 6.00. The van der Waals surface area contributed by atoms with Crippen molar-refractivity contribution in [2.24, 2.45) is 0 Å². The quantitative estimate of drug-likeness (QED) is 0.680. The zero-order chi connectivity index (χ0) is 10.1. The molecular formula is C12H14O2. The first-order valence-corrected chi connectivity index (χ1v) is 4.93. The standard InChI is InChI=1S/C12H14O2/c1-8-11(14-2)7-6-9-4-3-5-10(13)12(8)9/h6-7H,3-5H2,1-2H3. The van der Waals surface area contributed by atoms with E-state index in [1.165, 1.54) is 5.56 Å². The number of rotatable bonds is 1. The van der Waals surface area contributed by atoms with E-state index in [9.17, 15) is 4.79 Å². The first kappa shape index (κ1) is 9.25. The third-order valence-corrected chi connectivity index (χ3v) is 2.85. The molecular weight excluding hydrogens is 176 g/mol. The van der Waals surface area contributed by atoms with Gasteiger partial charge in [-0.3, -0.25) is 4.79 Å². The summed E-state index contributed by atoms with van der Waals surface area (Å²) in [6, 6.07) is 3.96. The van der Waals surface area contributed by atoms with E-state index < -0.39 is 0 Å². The molecule has 1 aliphatic carbocycles. The van der Waals surface area contributed by atoms with Gasteiger partial charge in [0.15, 0.2) is 5.78 Å². The number of aryl methyl sites for hydroxylation is 1. The molecule has 2 rings (SSSR count). The van der Waals surface area contributed by atoms with Crippen LogP contribution in [0.4, 0.5) is 0 Å². The summed E-state index contributed by atoms with van der Waals surface area (Å²) >= 11 is 0. The van der Waals surface area contributed by atoms with Gasteiger partial charge in [-0.2, -0.15) is 0 Å². The average molecular weight is 190 g/mol. The van der Waals surface area contributed by atoms with Crippen LogP contribution in [0.25, 0.3) is 0 Å². The second-order valence-electron chi connectivity index (χ2n) is 3.70. The van der Waals surface area contributed by atoms with E-state index in [1.807, 2.05) is 19.1 Å². The molecule has 14 heavy (non-hydrogen) atoms. The first-order valence-electron chi connectivity index (χ1n) is 4.93. The number of Topliss-reactive ketones (excluding diaryl/α,β-unsaturated/α-hetero) is 1. The van der Waals surface area contributed by atoms with Crippen molar-refractivity contribution >= 4 is 5.78 Å². The lowest BCUT2D eigenvalue weighted by Gasteiger charge is -2.18. The highest BCUT2D eigenvalue weighted by Gasteiger charge is 2.20. The summed E-state index contributed by atoms with van der Waals surface area (Å²) in [4.78, 5) is 11.7. The molecule has 0 N–H and O–H groups in total. The van der Waals surface area contributed by atoms with Gasteiger partial charge in [-0.25, -0.2) is 0 Å². The van der Waals surface area contributed by atoms with Crippen LogP contribution in [0, 0.1) is 6.92 Å². The van der Waals surface area contributed by atoms with Gasteiger partial charge in [-0.05, 0) is 31.4 Å². The fraction of sp³-hybridized carbons (Fsp3) is 0.417. The number of hydrogen-bond acceptors (Lipinski definition) is 2. The van der Waals surface area contributed by atoms with Gasteiger partial charge in [0, 0.05) is 17.5 Å². The van der Waals surface area contributed by atoms with Gasteiger partial charge in [0.25, 0.3) is 0 Å². The molecule has 1 aromatic carbocycles. The van der Waals surface area contributed by atoms with Crippen LogP contribution in [0.3, 0.4) is 0 Å². The second-order valence-corrected chi connectivity index (χ2v) is 3.70. The Balaban J connectivity index is 2.60. The van der Waals surface area contributed by atoms with Crippen LogP contribution >= 0.6 is 0 Å². The molecule has 0 saturated heterocycles. The molecule has 0 saturated carbocycles. The predicted molar refractivity (Wildman–Crippen MR) is 55.0 cm³/mol. The molecule has 0 heterocycles. The topological polar surface area (TPSA) is 26.3 Å². The Morgan fingerprint density at radius 2 is 2.07 bits per heavy atom. The zero-order valence-electron chi connectivity index (χ0n) is 8.59. The molecule has 0 aliphatic heterocycles. The van der Waals surface area contributed by atoms with Crippen LogP contribution in [0.5, 0.6) is 5.75 Å². The summed E-state index contributed by atoms with van der Waals surface area (Å²) in [6.07, 6.45) is 2.69. The molecule has 0 spiro atoms. The Kier molecular flexibility index (Phi) is 2.28. The maximum atomic E-state index is 11.7. The Bertz CT molecular complexity index is 380. The van der Waals surface area contributed by atoms with E-state index in [0.717, 1.165) is 29.7 Å². The van der Waals surface area contributed by atoms with E-state index in [0.29, 0.717) is 6.42 Å².